The van der Waals surface area contributed by atoms with Crippen molar-refractivity contribution in [1.82, 2.24) is 0 Å². The minimum absolute atomic E-state index is 0.298. The molecule has 0 aliphatic rings. The van der Waals surface area contributed by atoms with E-state index in [-0.39, 0.29) is 0 Å². The smallest absolute Gasteiger partial charge is 0.323 e. The molecule has 0 aromatic heterocycles. The average Bonchev–Trinajstić information content (AvgIpc) is 2.03. The van der Waals surface area contributed by atoms with Crippen LogP contribution in [0.5, 0.6) is 0 Å². The third-order valence-electron chi connectivity index (χ3n) is 1.69. The van der Waals surface area contributed by atoms with Crippen molar-refractivity contribution >= 4 is 5.97 Å². The summed E-state index contributed by atoms with van der Waals surface area (Å²) in [5, 5.41) is 8.64. The molecule has 0 heterocycles. The van der Waals surface area contributed by atoms with E-state index < -0.39 is 11.5 Å². The van der Waals surface area contributed by atoms with Crippen molar-refractivity contribution < 1.29 is 19.4 Å². The fraction of sp³-hybridized carbons (Fsp3) is 0.875. The Bertz CT molecular complexity index is 158. The van der Waals surface area contributed by atoms with E-state index in [1.54, 1.807) is 7.11 Å². The molecule has 0 bridgehead atoms. The molecule has 0 rings (SSSR count). The van der Waals surface area contributed by atoms with Crippen LogP contribution in [0.4, 0.5) is 0 Å². The van der Waals surface area contributed by atoms with Gasteiger partial charge in [0.25, 0.3) is 0 Å². The highest BCUT2D eigenvalue weighted by Gasteiger charge is 2.27. The first-order valence-electron chi connectivity index (χ1n) is 4.09. The number of rotatable bonds is 7. The zero-order chi connectivity index (χ0) is 10.3. The van der Waals surface area contributed by atoms with Crippen LogP contribution in [0.2, 0.25) is 0 Å². The number of carbonyl (C=O) groups is 1. The maximum atomic E-state index is 10.5. The number of ether oxygens (including phenoxy) is 2. The summed E-state index contributed by atoms with van der Waals surface area (Å²) in [6.45, 7) is 2.78. The molecule has 5 nitrogen and oxygen atoms in total. The van der Waals surface area contributed by atoms with Crippen LogP contribution < -0.4 is 5.73 Å². The van der Waals surface area contributed by atoms with Crippen molar-refractivity contribution in [2.45, 2.75) is 18.9 Å². The van der Waals surface area contributed by atoms with E-state index in [4.69, 9.17) is 20.3 Å². The van der Waals surface area contributed by atoms with Crippen molar-refractivity contribution in [2.24, 2.45) is 5.73 Å². The van der Waals surface area contributed by atoms with E-state index in [0.29, 0.717) is 26.2 Å². The van der Waals surface area contributed by atoms with Crippen molar-refractivity contribution in [2.75, 3.05) is 26.9 Å². The lowest BCUT2D eigenvalue weighted by atomic mass is 10.0. The highest BCUT2D eigenvalue weighted by atomic mass is 16.5. The Labute approximate surface area is 77.8 Å². The maximum Gasteiger partial charge on any atom is 0.323 e. The topological polar surface area (TPSA) is 81.8 Å². The van der Waals surface area contributed by atoms with Crippen LogP contribution in [-0.2, 0) is 14.3 Å². The summed E-state index contributed by atoms with van der Waals surface area (Å²) in [4.78, 5) is 10.5. The molecule has 0 saturated heterocycles. The van der Waals surface area contributed by atoms with Crippen LogP contribution in [0.3, 0.4) is 0 Å². The lowest BCUT2D eigenvalue weighted by Crippen LogP contribution is -2.45. The Kier molecular flexibility index (Phi) is 5.61. The Morgan fingerprint density at radius 2 is 2.08 bits per heavy atom. The van der Waals surface area contributed by atoms with Gasteiger partial charge in [0.1, 0.15) is 5.54 Å². The summed E-state index contributed by atoms with van der Waals surface area (Å²) in [6, 6.07) is 0. The number of hydrogen-bond donors (Lipinski definition) is 2. The first-order valence-corrected chi connectivity index (χ1v) is 4.09. The minimum Gasteiger partial charge on any atom is -0.480 e. The van der Waals surface area contributed by atoms with Gasteiger partial charge in [-0.05, 0) is 13.3 Å². The Morgan fingerprint density at radius 3 is 2.54 bits per heavy atom. The summed E-state index contributed by atoms with van der Waals surface area (Å²) in [6.07, 6.45) is 0.298. The molecule has 0 spiro atoms. The molecule has 1 atom stereocenters. The van der Waals surface area contributed by atoms with Gasteiger partial charge in [-0.2, -0.15) is 0 Å². The summed E-state index contributed by atoms with van der Waals surface area (Å²) in [5.41, 5.74) is 4.26. The molecule has 0 aliphatic carbocycles. The summed E-state index contributed by atoms with van der Waals surface area (Å²) in [7, 11) is 1.58. The van der Waals surface area contributed by atoms with Gasteiger partial charge >= 0.3 is 5.97 Å². The average molecular weight is 191 g/mol. The molecule has 0 aliphatic heterocycles. The number of hydrogen-bond acceptors (Lipinski definition) is 4. The normalized spacial score (nSPS) is 15.3. The van der Waals surface area contributed by atoms with Gasteiger partial charge in [0.15, 0.2) is 0 Å². The lowest BCUT2D eigenvalue weighted by molar-refractivity contribution is -0.143. The SMILES string of the molecule is COCCOCCC(C)(N)C(=O)O. The Balaban J connectivity index is 3.46. The van der Waals surface area contributed by atoms with Crippen molar-refractivity contribution in [3.05, 3.63) is 0 Å². The summed E-state index contributed by atoms with van der Waals surface area (Å²) >= 11 is 0. The molecule has 78 valence electrons. The predicted molar refractivity (Wildman–Crippen MR) is 47.5 cm³/mol. The van der Waals surface area contributed by atoms with Crippen molar-refractivity contribution in [3.63, 3.8) is 0 Å². The quantitative estimate of drug-likeness (QED) is 0.546. The van der Waals surface area contributed by atoms with E-state index in [1.165, 1.54) is 6.92 Å². The summed E-state index contributed by atoms with van der Waals surface area (Å²) < 4.78 is 9.84. The Hall–Kier alpha value is -0.650. The molecule has 0 aromatic carbocycles. The van der Waals surface area contributed by atoms with Crippen LogP contribution in [0, 0.1) is 0 Å². The van der Waals surface area contributed by atoms with Crippen LogP contribution in [0.25, 0.3) is 0 Å². The van der Waals surface area contributed by atoms with Gasteiger partial charge in [-0.3, -0.25) is 4.79 Å². The van der Waals surface area contributed by atoms with Gasteiger partial charge in [0.05, 0.1) is 13.2 Å². The van der Waals surface area contributed by atoms with Gasteiger partial charge in [0, 0.05) is 13.7 Å². The first-order chi connectivity index (χ1) is 6.00. The fourth-order valence-electron chi connectivity index (χ4n) is 0.635. The largest absolute Gasteiger partial charge is 0.480 e. The molecule has 0 amide bonds. The van der Waals surface area contributed by atoms with E-state index >= 15 is 0 Å². The number of nitrogens with two attached hydrogens (primary N) is 1. The molecule has 3 N–H and O–H groups in total. The van der Waals surface area contributed by atoms with Gasteiger partial charge in [-0.15, -0.1) is 0 Å². The third-order valence-corrected chi connectivity index (χ3v) is 1.69. The van der Waals surface area contributed by atoms with Crippen LogP contribution >= 0.6 is 0 Å². The zero-order valence-electron chi connectivity index (χ0n) is 8.08. The second-order valence-electron chi connectivity index (χ2n) is 3.08. The molecule has 5 heteroatoms. The van der Waals surface area contributed by atoms with Crippen LogP contribution in [-0.4, -0.2) is 43.5 Å². The van der Waals surface area contributed by atoms with E-state index in [2.05, 4.69) is 0 Å². The highest BCUT2D eigenvalue weighted by molar-refractivity contribution is 5.77. The fourth-order valence-corrected chi connectivity index (χ4v) is 0.635. The van der Waals surface area contributed by atoms with Crippen LogP contribution in [0.1, 0.15) is 13.3 Å². The van der Waals surface area contributed by atoms with Crippen molar-refractivity contribution in [3.8, 4) is 0 Å². The summed E-state index contributed by atoms with van der Waals surface area (Å²) in [5.74, 6) is -1.01. The second-order valence-corrected chi connectivity index (χ2v) is 3.08. The molecule has 0 saturated carbocycles. The molecule has 13 heavy (non-hydrogen) atoms. The highest BCUT2D eigenvalue weighted by Crippen LogP contribution is 2.05. The minimum atomic E-state index is -1.20. The van der Waals surface area contributed by atoms with Gasteiger partial charge in [-0.25, -0.2) is 0 Å². The van der Waals surface area contributed by atoms with Gasteiger partial charge in [0.2, 0.25) is 0 Å². The third kappa shape index (κ3) is 5.57. The van der Waals surface area contributed by atoms with E-state index in [0.717, 1.165) is 0 Å². The molecule has 1 unspecified atom stereocenters. The lowest BCUT2D eigenvalue weighted by Gasteiger charge is -2.18. The molecule has 0 aromatic rings. The molecule has 0 radical (unpaired) electrons. The van der Waals surface area contributed by atoms with Gasteiger partial charge in [-0.1, -0.05) is 0 Å². The number of carboxylic acid groups (broad SMARTS) is 1. The standard InChI is InChI=1S/C8H17NO4/c1-8(9,7(10)11)3-4-13-6-5-12-2/h3-6,9H2,1-2H3,(H,10,11). The first kappa shape index (κ1) is 12.3. The second kappa shape index (κ2) is 5.90. The number of carboxylic acids is 1. The zero-order valence-corrected chi connectivity index (χ0v) is 8.08. The molecular formula is C8H17NO4. The maximum absolute atomic E-state index is 10.5. The van der Waals surface area contributed by atoms with Gasteiger partial charge < -0.3 is 20.3 Å². The number of methoxy groups -OCH3 is 1. The number of aliphatic carboxylic acids is 1. The Morgan fingerprint density at radius 1 is 1.46 bits per heavy atom. The molecular weight excluding hydrogens is 174 g/mol. The molecule has 0 fully saturated rings. The van der Waals surface area contributed by atoms with Crippen LogP contribution in [0.15, 0.2) is 0 Å². The van der Waals surface area contributed by atoms with Crippen molar-refractivity contribution in [1.29, 1.82) is 0 Å². The monoisotopic (exact) mass is 191 g/mol. The predicted octanol–water partition coefficient (Wildman–Crippen LogP) is -0.158. The van der Waals surface area contributed by atoms with E-state index in [1.807, 2.05) is 0 Å². The van der Waals surface area contributed by atoms with E-state index in [9.17, 15) is 4.79 Å².